The van der Waals surface area contributed by atoms with E-state index in [2.05, 4.69) is 22.6 Å². The summed E-state index contributed by atoms with van der Waals surface area (Å²) in [5.41, 5.74) is 6.25. The predicted octanol–water partition coefficient (Wildman–Crippen LogP) is 3.00. The van der Waals surface area contributed by atoms with Crippen LogP contribution in [0.25, 0.3) is 0 Å². The molecule has 18 heavy (non-hydrogen) atoms. The van der Waals surface area contributed by atoms with E-state index < -0.39 is 0 Å². The van der Waals surface area contributed by atoms with E-state index in [1.54, 1.807) is 30.1 Å². The van der Waals surface area contributed by atoms with Crippen molar-refractivity contribution in [2.75, 3.05) is 20.1 Å². The molecule has 5 heteroatoms. The molecule has 0 aliphatic carbocycles. The minimum Gasteiger partial charge on any atom is -0.341 e. The van der Waals surface area contributed by atoms with Crippen LogP contribution in [0.15, 0.2) is 18.2 Å². The summed E-state index contributed by atoms with van der Waals surface area (Å²) in [5, 5.41) is 0.664. The highest BCUT2D eigenvalue weighted by molar-refractivity contribution is 14.1. The van der Waals surface area contributed by atoms with Gasteiger partial charge in [-0.3, -0.25) is 4.79 Å². The van der Waals surface area contributed by atoms with E-state index in [4.69, 9.17) is 17.3 Å². The number of benzene rings is 1. The van der Waals surface area contributed by atoms with E-state index in [9.17, 15) is 4.79 Å². The highest BCUT2D eigenvalue weighted by Crippen LogP contribution is 2.21. The molecule has 0 aliphatic rings. The van der Waals surface area contributed by atoms with Gasteiger partial charge in [-0.2, -0.15) is 0 Å². The number of halogens is 2. The topological polar surface area (TPSA) is 46.3 Å². The third-order valence-corrected chi connectivity index (χ3v) is 4.27. The van der Waals surface area contributed by atoms with Gasteiger partial charge in [-0.25, -0.2) is 0 Å². The number of carbonyl (C=O) groups excluding carboxylic acids is 1. The molecule has 0 saturated heterocycles. The Morgan fingerprint density at radius 1 is 1.50 bits per heavy atom. The summed E-state index contributed by atoms with van der Waals surface area (Å²) in [7, 11) is 1.79. The van der Waals surface area contributed by atoms with E-state index in [1.807, 2.05) is 13.8 Å². The van der Waals surface area contributed by atoms with Crippen LogP contribution >= 0.6 is 34.2 Å². The number of amides is 1. The molecule has 0 unspecified atom stereocenters. The zero-order valence-corrected chi connectivity index (χ0v) is 13.7. The minimum absolute atomic E-state index is 0.00823. The molecule has 0 aliphatic heterocycles. The van der Waals surface area contributed by atoms with Gasteiger partial charge in [-0.15, -0.1) is 0 Å². The highest BCUT2D eigenvalue weighted by atomic mass is 127. The fourth-order valence-electron chi connectivity index (χ4n) is 1.63. The summed E-state index contributed by atoms with van der Waals surface area (Å²) < 4.78 is 0.881. The van der Waals surface area contributed by atoms with Crippen LogP contribution in [-0.4, -0.2) is 30.9 Å². The lowest BCUT2D eigenvalue weighted by molar-refractivity contribution is 0.0740. The van der Waals surface area contributed by atoms with Crippen molar-refractivity contribution in [1.29, 1.82) is 0 Å². The lowest BCUT2D eigenvalue weighted by Crippen LogP contribution is -2.39. The molecule has 1 aromatic carbocycles. The molecular formula is C13H18ClIN2O. The second kappa shape index (κ2) is 6.21. The van der Waals surface area contributed by atoms with Crippen molar-refractivity contribution in [2.45, 2.75) is 13.8 Å². The fraction of sp³-hybridized carbons (Fsp3) is 0.462. The summed E-state index contributed by atoms with van der Waals surface area (Å²) >= 11 is 8.06. The molecule has 0 radical (unpaired) electrons. The second-order valence-electron chi connectivity index (χ2n) is 5.16. The van der Waals surface area contributed by atoms with Gasteiger partial charge in [0.15, 0.2) is 0 Å². The molecule has 100 valence electrons. The Morgan fingerprint density at radius 2 is 2.11 bits per heavy atom. The average Bonchev–Trinajstić information content (AvgIpc) is 2.31. The first-order valence-corrected chi connectivity index (χ1v) is 7.13. The van der Waals surface area contributed by atoms with Crippen LogP contribution in [0.4, 0.5) is 0 Å². The number of carbonyl (C=O) groups is 1. The summed E-state index contributed by atoms with van der Waals surface area (Å²) in [4.78, 5) is 13.9. The first kappa shape index (κ1) is 15.7. The molecule has 0 fully saturated rings. The average molecular weight is 381 g/mol. The molecule has 0 atom stereocenters. The van der Waals surface area contributed by atoms with Gasteiger partial charge >= 0.3 is 0 Å². The summed E-state index contributed by atoms with van der Waals surface area (Å²) in [6.07, 6.45) is 0. The van der Waals surface area contributed by atoms with Crippen molar-refractivity contribution in [3.8, 4) is 0 Å². The summed E-state index contributed by atoms with van der Waals surface area (Å²) in [6, 6.07) is 5.30. The highest BCUT2D eigenvalue weighted by Gasteiger charge is 2.22. The van der Waals surface area contributed by atoms with Crippen LogP contribution in [-0.2, 0) is 0 Å². The molecule has 1 aromatic rings. The van der Waals surface area contributed by atoms with E-state index in [0.717, 1.165) is 3.57 Å². The first-order chi connectivity index (χ1) is 8.26. The van der Waals surface area contributed by atoms with E-state index >= 15 is 0 Å². The molecule has 1 amide bonds. The lowest BCUT2D eigenvalue weighted by Gasteiger charge is -2.29. The van der Waals surface area contributed by atoms with Gasteiger partial charge < -0.3 is 10.6 Å². The Bertz CT molecular complexity index is 449. The van der Waals surface area contributed by atoms with Crippen LogP contribution < -0.4 is 5.73 Å². The maximum absolute atomic E-state index is 12.2. The smallest absolute Gasteiger partial charge is 0.253 e. The monoisotopic (exact) mass is 380 g/mol. The number of hydrogen-bond acceptors (Lipinski definition) is 2. The van der Waals surface area contributed by atoms with Crippen molar-refractivity contribution in [2.24, 2.45) is 11.1 Å². The van der Waals surface area contributed by atoms with E-state index in [-0.39, 0.29) is 11.3 Å². The molecule has 0 aromatic heterocycles. The van der Waals surface area contributed by atoms with Crippen LogP contribution in [0.1, 0.15) is 24.2 Å². The van der Waals surface area contributed by atoms with Gasteiger partial charge in [0, 0.05) is 22.7 Å². The van der Waals surface area contributed by atoms with Crippen LogP contribution in [0.2, 0.25) is 5.02 Å². The quantitative estimate of drug-likeness (QED) is 0.816. The molecule has 0 saturated carbocycles. The van der Waals surface area contributed by atoms with Crippen LogP contribution in [0, 0.1) is 8.99 Å². The Hall–Kier alpha value is -0.330. The number of hydrogen-bond donors (Lipinski definition) is 1. The molecule has 0 spiro atoms. The Morgan fingerprint density at radius 3 is 2.61 bits per heavy atom. The van der Waals surface area contributed by atoms with Crippen LogP contribution in [0.3, 0.4) is 0 Å². The molecule has 2 N–H and O–H groups in total. The number of rotatable bonds is 4. The van der Waals surface area contributed by atoms with Crippen LogP contribution in [0.5, 0.6) is 0 Å². The lowest BCUT2D eigenvalue weighted by atomic mass is 9.93. The van der Waals surface area contributed by atoms with Crippen molar-refractivity contribution < 1.29 is 4.79 Å². The summed E-state index contributed by atoms with van der Waals surface area (Å²) in [5.74, 6) is -0.00823. The van der Waals surface area contributed by atoms with Gasteiger partial charge in [-0.05, 0) is 52.7 Å². The zero-order chi connectivity index (χ0) is 13.9. The van der Waals surface area contributed by atoms with E-state index in [1.165, 1.54) is 0 Å². The third-order valence-electron chi connectivity index (χ3n) is 2.73. The molecule has 0 bridgehead atoms. The van der Waals surface area contributed by atoms with Crippen molar-refractivity contribution in [3.63, 3.8) is 0 Å². The maximum Gasteiger partial charge on any atom is 0.253 e. The molecular weight excluding hydrogens is 363 g/mol. The molecule has 0 heterocycles. The summed E-state index contributed by atoms with van der Waals surface area (Å²) in [6.45, 7) is 5.26. The molecule has 3 nitrogen and oxygen atoms in total. The molecule has 1 rings (SSSR count). The normalized spacial score (nSPS) is 11.4. The van der Waals surface area contributed by atoms with Gasteiger partial charge in [-0.1, -0.05) is 25.4 Å². The van der Waals surface area contributed by atoms with Gasteiger partial charge in [0.05, 0.1) is 5.02 Å². The number of nitrogens with zero attached hydrogens (tertiary/aromatic N) is 1. The number of nitrogens with two attached hydrogens (primary N) is 1. The zero-order valence-electron chi connectivity index (χ0n) is 10.8. The fourth-order valence-corrected chi connectivity index (χ4v) is 2.26. The largest absolute Gasteiger partial charge is 0.341 e. The van der Waals surface area contributed by atoms with Gasteiger partial charge in [0.1, 0.15) is 0 Å². The van der Waals surface area contributed by atoms with Gasteiger partial charge in [0.2, 0.25) is 0 Å². The van der Waals surface area contributed by atoms with Crippen molar-refractivity contribution >= 4 is 40.1 Å². The Labute approximate surface area is 127 Å². The minimum atomic E-state index is -0.0794. The predicted molar refractivity (Wildman–Crippen MR) is 84.0 cm³/mol. The van der Waals surface area contributed by atoms with Gasteiger partial charge in [0.25, 0.3) is 5.91 Å². The standard InChI is InChI=1S/C13H18ClIN2O/c1-13(2,7-16)8-17(3)12(18)9-4-5-10(14)11(15)6-9/h4-6H,7-8,16H2,1-3H3. The Balaban J connectivity index is 2.83. The Kier molecular flexibility index (Phi) is 5.43. The van der Waals surface area contributed by atoms with Crippen molar-refractivity contribution in [1.82, 2.24) is 4.90 Å². The first-order valence-electron chi connectivity index (χ1n) is 5.67. The van der Waals surface area contributed by atoms with E-state index in [0.29, 0.717) is 23.7 Å². The maximum atomic E-state index is 12.2. The SMILES string of the molecule is CN(CC(C)(C)CN)C(=O)c1ccc(Cl)c(I)c1. The van der Waals surface area contributed by atoms with Crippen molar-refractivity contribution in [3.05, 3.63) is 32.4 Å². The third kappa shape index (κ3) is 4.10. The second-order valence-corrected chi connectivity index (χ2v) is 6.73.